The van der Waals surface area contributed by atoms with Crippen LogP contribution < -0.4 is 0 Å². The van der Waals surface area contributed by atoms with E-state index in [0.29, 0.717) is 0 Å². The second-order valence-electron chi connectivity index (χ2n) is 12.8. The Labute approximate surface area is 284 Å². The van der Waals surface area contributed by atoms with E-state index in [4.69, 9.17) is 4.42 Å². The fraction of sp³-hybridized carbons (Fsp3) is 0. The smallest absolute Gasteiger partial charge is 0.136 e. The summed E-state index contributed by atoms with van der Waals surface area (Å²) >= 11 is 0. The van der Waals surface area contributed by atoms with Crippen molar-refractivity contribution in [2.45, 2.75) is 0 Å². The fourth-order valence-corrected chi connectivity index (χ4v) is 7.87. The van der Waals surface area contributed by atoms with Crippen LogP contribution in [0.1, 0.15) is 0 Å². The van der Waals surface area contributed by atoms with Crippen molar-refractivity contribution >= 4 is 54.3 Å². The van der Waals surface area contributed by atoms with Gasteiger partial charge in [-0.25, -0.2) is 0 Å². The van der Waals surface area contributed by atoms with Gasteiger partial charge in [0.25, 0.3) is 0 Å². The molecular formula is C48H30O. The van der Waals surface area contributed by atoms with Crippen molar-refractivity contribution in [1.29, 1.82) is 0 Å². The van der Waals surface area contributed by atoms with Crippen LogP contribution in [0.25, 0.3) is 98.8 Å². The highest BCUT2D eigenvalue weighted by Gasteiger charge is 2.19. The van der Waals surface area contributed by atoms with Gasteiger partial charge in [-0.15, -0.1) is 0 Å². The first-order valence-electron chi connectivity index (χ1n) is 16.8. The number of fused-ring (bicyclic) bond motifs is 6. The van der Waals surface area contributed by atoms with Crippen molar-refractivity contribution in [2.75, 3.05) is 0 Å². The summed E-state index contributed by atoms with van der Waals surface area (Å²) in [5, 5.41) is 9.87. The zero-order chi connectivity index (χ0) is 32.3. The maximum Gasteiger partial charge on any atom is 0.136 e. The second kappa shape index (κ2) is 11.1. The van der Waals surface area contributed by atoms with E-state index in [1.54, 1.807) is 0 Å². The second-order valence-corrected chi connectivity index (χ2v) is 12.8. The Kier molecular flexibility index (Phi) is 6.25. The van der Waals surface area contributed by atoms with Crippen LogP contribution in [0.5, 0.6) is 0 Å². The molecule has 0 spiro atoms. The molecule has 0 radical (unpaired) electrons. The van der Waals surface area contributed by atoms with Gasteiger partial charge in [-0.3, -0.25) is 0 Å². The number of furan rings is 1. The van der Waals surface area contributed by atoms with E-state index in [9.17, 15) is 0 Å². The first-order valence-corrected chi connectivity index (χ1v) is 16.8. The van der Waals surface area contributed by atoms with Crippen LogP contribution >= 0.6 is 0 Å². The van der Waals surface area contributed by atoms with Crippen molar-refractivity contribution in [3.63, 3.8) is 0 Å². The first kappa shape index (κ1) is 27.7. The summed E-state index contributed by atoms with van der Waals surface area (Å²) in [6.07, 6.45) is 0. The van der Waals surface area contributed by atoms with Crippen LogP contribution in [0.15, 0.2) is 186 Å². The Morgan fingerprint density at radius 2 is 0.837 bits per heavy atom. The molecule has 49 heavy (non-hydrogen) atoms. The molecule has 0 saturated heterocycles. The Hall–Kier alpha value is -6.44. The molecule has 0 unspecified atom stereocenters. The number of rotatable bonds is 4. The minimum absolute atomic E-state index is 0.905. The number of para-hydroxylation sites is 1. The van der Waals surface area contributed by atoms with Crippen molar-refractivity contribution in [2.24, 2.45) is 0 Å². The Morgan fingerprint density at radius 3 is 1.55 bits per heavy atom. The summed E-state index contributed by atoms with van der Waals surface area (Å²) < 4.78 is 6.44. The van der Waals surface area contributed by atoms with E-state index in [0.717, 1.165) is 33.1 Å². The predicted molar refractivity (Wildman–Crippen MR) is 208 cm³/mol. The van der Waals surface area contributed by atoms with Crippen LogP contribution in [0.4, 0.5) is 0 Å². The maximum atomic E-state index is 6.44. The van der Waals surface area contributed by atoms with Gasteiger partial charge in [-0.2, -0.15) is 0 Å². The van der Waals surface area contributed by atoms with Crippen molar-refractivity contribution in [1.82, 2.24) is 0 Å². The third-order valence-corrected chi connectivity index (χ3v) is 10.1. The van der Waals surface area contributed by atoms with Gasteiger partial charge in [-0.1, -0.05) is 164 Å². The van der Waals surface area contributed by atoms with Gasteiger partial charge < -0.3 is 4.42 Å². The van der Waals surface area contributed by atoms with Crippen LogP contribution in [-0.2, 0) is 0 Å². The van der Waals surface area contributed by atoms with Crippen LogP contribution in [0.3, 0.4) is 0 Å². The van der Waals surface area contributed by atoms with Crippen molar-refractivity contribution < 1.29 is 4.42 Å². The fourth-order valence-electron chi connectivity index (χ4n) is 7.87. The summed E-state index contributed by atoms with van der Waals surface area (Å²) in [7, 11) is 0. The van der Waals surface area contributed by atoms with E-state index in [-0.39, 0.29) is 0 Å². The van der Waals surface area contributed by atoms with Gasteiger partial charge >= 0.3 is 0 Å². The Bertz CT molecular complexity index is 2790. The number of hydrogen-bond acceptors (Lipinski definition) is 1. The highest BCUT2D eigenvalue weighted by Crippen LogP contribution is 2.46. The summed E-state index contributed by atoms with van der Waals surface area (Å²) in [6.45, 7) is 0. The molecule has 0 saturated carbocycles. The monoisotopic (exact) mass is 622 g/mol. The van der Waals surface area contributed by atoms with Crippen LogP contribution in [-0.4, -0.2) is 0 Å². The minimum atomic E-state index is 0.905. The molecule has 0 aliphatic carbocycles. The van der Waals surface area contributed by atoms with E-state index < -0.39 is 0 Å². The summed E-state index contributed by atoms with van der Waals surface area (Å²) in [6, 6.07) is 65.7. The molecule has 0 aliphatic heterocycles. The summed E-state index contributed by atoms with van der Waals surface area (Å²) in [5.41, 5.74) is 11.5. The summed E-state index contributed by atoms with van der Waals surface area (Å²) in [5.74, 6) is 0. The molecule has 0 bridgehead atoms. The highest BCUT2D eigenvalue weighted by atomic mass is 16.3. The van der Waals surface area contributed by atoms with Gasteiger partial charge in [0.05, 0.1) is 0 Å². The van der Waals surface area contributed by atoms with E-state index in [1.807, 2.05) is 6.07 Å². The maximum absolute atomic E-state index is 6.44. The summed E-state index contributed by atoms with van der Waals surface area (Å²) in [4.78, 5) is 0. The molecule has 10 rings (SSSR count). The minimum Gasteiger partial charge on any atom is -0.456 e. The Balaban J connectivity index is 1.17. The van der Waals surface area contributed by atoms with Crippen molar-refractivity contribution in [3.05, 3.63) is 182 Å². The lowest BCUT2D eigenvalue weighted by molar-refractivity contribution is 0.669. The van der Waals surface area contributed by atoms with E-state index in [1.165, 1.54) is 65.7 Å². The quantitative estimate of drug-likeness (QED) is 0.178. The van der Waals surface area contributed by atoms with Gasteiger partial charge in [0.2, 0.25) is 0 Å². The number of benzene rings is 9. The average Bonchev–Trinajstić information content (AvgIpc) is 3.55. The molecule has 10 aromatic rings. The third-order valence-electron chi connectivity index (χ3n) is 10.1. The van der Waals surface area contributed by atoms with E-state index >= 15 is 0 Å². The lowest BCUT2D eigenvalue weighted by Crippen LogP contribution is -1.91. The lowest BCUT2D eigenvalue weighted by Gasteiger charge is -2.19. The molecule has 228 valence electrons. The zero-order valence-corrected chi connectivity index (χ0v) is 26.7. The first-order chi connectivity index (χ1) is 24.3. The predicted octanol–water partition coefficient (Wildman–Crippen LogP) is 13.7. The standard InChI is InChI=1S/C48H30O/c1-2-13-33(14-3-1)43-29-35(30-45-48(43)42-22-10-11-24-44(42)49-45)31-25-27-34(28-26-31)46-38-18-6-8-20-40(38)47(41-21-9-7-19-39(41)46)37-23-12-16-32-15-4-5-17-36(32)37/h1-30H. The molecule has 0 fully saturated rings. The molecule has 0 amide bonds. The molecule has 0 N–H and O–H groups in total. The highest BCUT2D eigenvalue weighted by molar-refractivity contribution is 6.23. The van der Waals surface area contributed by atoms with Gasteiger partial charge in [0.15, 0.2) is 0 Å². The van der Waals surface area contributed by atoms with Crippen LogP contribution in [0.2, 0.25) is 0 Å². The Morgan fingerprint density at radius 1 is 0.286 bits per heavy atom. The molecule has 9 aromatic carbocycles. The zero-order valence-electron chi connectivity index (χ0n) is 26.7. The molecule has 0 atom stereocenters. The SMILES string of the molecule is c1ccc(-c2cc(-c3ccc(-c4c5ccccc5c(-c5cccc6ccccc56)c5ccccc45)cc3)cc3oc4ccccc4c23)cc1. The van der Waals surface area contributed by atoms with Crippen molar-refractivity contribution in [3.8, 4) is 44.5 Å². The lowest BCUT2D eigenvalue weighted by atomic mass is 9.84. The van der Waals surface area contributed by atoms with E-state index in [2.05, 4.69) is 176 Å². The third kappa shape index (κ3) is 4.40. The van der Waals surface area contributed by atoms with Crippen LogP contribution in [0, 0.1) is 0 Å². The molecule has 0 aliphatic rings. The largest absolute Gasteiger partial charge is 0.456 e. The molecule has 1 heterocycles. The van der Waals surface area contributed by atoms with Gasteiger partial charge in [0.1, 0.15) is 11.2 Å². The normalized spacial score (nSPS) is 11.7. The van der Waals surface area contributed by atoms with Gasteiger partial charge in [-0.05, 0) is 95.0 Å². The van der Waals surface area contributed by atoms with Gasteiger partial charge in [0, 0.05) is 10.8 Å². The average molecular weight is 623 g/mol. The molecular weight excluding hydrogens is 593 g/mol. The molecule has 1 nitrogen and oxygen atoms in total. The molecule has 1 aromatic heterocycles. The molecule has 1 heteroatoms. The topological polar surface area (TPSA) is 13.1 Å². The number of hydrogen-bond donors (Lipinski definition) is 0.